The van der Waals surface area contributed by atoms with E-state index in [0.717, 1.165) is 13.0 Å². The molecule has 2 N–H and O–H groups in total. The van der Waals surface area contributed by atoms with Crippen LogP contribution in [0.1, 0.15) is 37.8 Å². The number of aryl methyl sites for hydroxylation is 2. The fourth-order valence-corrected chi connectivity index (χ4v) is 2.81. The summed E-state index contributed by atoms with van der Waals surface area (Å²) in [5.74, 6) is 0. The van der Waals surface area contributed by atoms with E-state index in [2.05, 4.69) is 50.8 Å². The quantitative estimate of drug-likeness (QED) is 0.806. The summed E-state index contributed by atoms with van der Waals surface area (Å²) in [5, 5.41) is 0. The molecule has 1 aliphatic heterocycles. The molecule has 1 aliphatic rings. The summed E-state index contributed by atoms with van der Waals surface area (Å²) in [6.07, 6.45) is 2.30. The van der Waals surface area contributed by atoms with E-state index in [4.69, 9.17) is 5.73 Å². The minimum absolute atomic E-state index is 0.218. The highest BCUT2D eigenvalue weighted by molar-refractivity contribution is 5.53. The number of piperidine rings is 1. The molecule has 1 heterocycles. The van der Waals surface area contributed by atoms with Crippen LogP contribution >= 0.6 is 0 Å². The maximum absolute atomic E-state index is 6.12. The van der Waals surface area contributed by atoms with Gasteiger partial charge < -0.3 is 10.6 Å². The van der Waals surface area contributed by atoms with E-state index in [-0.39, 0.29) is 5.54 Å². The second-order valence-electron chi connectivity index (χ2n) is 6.07. The fraction of sp³-hybridized carbons (Fsp3) is 0.600. The van der Waals surface area contributed by atoms with Crippen LogP contribution in [0, 0.1) is 13.8 Å². The zero-order valence-electron chi connectivity index (χ0n) is 11.5. The highest BCUT2D eigenvalue weighted by Crippen LogP contribution is 2.33. The molecule has 2 nitrogen and oxygen atoms in total. The molecule has 0 radical (unpaired) electrons. The zero-order valence-corrected chi connectivity index (χ0v) is 11.5. The second-order valence-corrected chi connectivity index (χ2v) is 6.07. The van der Waals surface area contributed by atoms with Crippen molar-refractivity contribution in [3.05, 3.63) is 29.3 Å². The predicted molar refractivity (Wildman–Crippen MR) is 74.6 cm³/mol. The molecule has 0 aromatic heterocycles. The van der Waals surface area contributed by atoms with Gasteiger partial charge in [0.2, 0.25) is 0 Å². The molecule has 1 fully saturated rings. The Kier molecular flexibility index (Phi) is 3.17. The fourth-order valence-electron chi connectivity index (χ4n) is 2.81. The smallest absolute Gasteiger partial charge is 0.0376 e. The van der Waals surface area contributed by atoms with Gasteiger partial charge in [0.15, 0.2) is 0 Å². The average molecular weight is 232 g/mol. The number of hydrogen-bond donors (Lipinski definition) is 1. The van der Waals surface area contributed by atoms with E-state index in [1.54, 1.807) is 0 Å². The van der Waals surface area contributed by atoms with Gasteiger partial charge in [0.25, 0.3) is 0 Å². The maximum atomic E-state index is 6.12. The molecular formula is C15H24N2. The molecule has 1 atom stereocenters. The summed E-state index contributed by atoms with van der Waals surface area (Å²) in [7, 11) is 0. The largest absolute Gasteiger partial charge is 0.365 e. The number of nitrogens with zero attached hydrogens (tertiary/aromatic N) is 1. The highest BCUT2D eigenvalue weighted by Gasteiger charge is 2.33. The van der Waals surface area contributed by atoms with Gasteiger partial charge in [-0.1, -0.05) is 6.07 Å². The second kappa shape index (κ2) is 4.34. The van der Waals surface area contributed by atoms with Crippen molar-refractivity contribution >= 4 is 5.69 Å². The highest BCUT2D eigenvalue weighted by atomic mass is 15.2. The van der Waals surface area contributed by atoms with Gasteiger partial charge in [0.1, 0.15) is 0 Å². The molecule has 94 valence electrons. The Morgan fingerprint density at radius 1 is 1.18 bits per heavy atom. The Balaban J connectivity index is 2.36. The lowest BCUT2D eigenvalue weighted by Gasteiger charge is -2.46. The van der Waals surface area contributed by atoms with Crippen LogP contribution in [0.4, 0.5) is 5.69 Å². The van der Waals surface area contributed by atoms with Crippen molar-refractivity contribution < 1.29 is 0 Å². The van der Waals surface area contributed by atoms with Crippen molar-refractivity contribution in [2.45, 2.75) is 52.1 Å². The molecule has 1 saturated heterocycles. The first-order chi connectivity index (χ1) is 7.88. The van der Waals surface area contributed by atoms with Gasteiger partial charge in [-0.2, -0.15) is 0 Å². The molecular weight excluding hydrogens is 208 g/mol. The molecule has 17 heavy (non-hydrogen) atoms. The van der Waals surface area contributed by atoms with Crippen LogP contribution < -0.4 is 10.6 Å². The number of nitrogens with two attached hydrogens (primary N) is 1. The Bertz CT molecular complexity index is 389. The van der Waals surface area contributed by atoms with Gasteiger partial charge in [-0.25, -0.2) is 0 Å². The van der Waals surface area contributed by atoms with Crippen LogP contribution in [0.2, 0.25) is 0 Å². The van der Waals surface area contributed by atoms with Crippen LogP contribution in [0.3, 0.4) is 0 Å². The normalized spacial score (nSPS) is 23.8. The number of rotatable bonds is 1. The average Bonchev–Trinajstić information content (AvgIpc) is 2.20. The van der Waals surface area contributed by atoms with Crippen molar-refractivity contribution in [2.24, 2.45) is 5.73 Å². The molecule has 1 aromatic rings. The zero-order chi connectivity index (χ0) is 12.6. The molecule has 0 spiro atoms. The number of hydrogen-bond acceptors (Lipinski definition) is 2. The van der Waals surface area contributed by atoms with Gasteiger partial charge in [-0.3, -0.25) is 0 Å². The first-order valence-corrected chi connectivity index (χ1v) is 6.50. The Hall–Kier alpha value is -1.02. The van der Waals surface area contributed by atoms with Gasteiger partial charge in [-0.15, -0.1) is 0 Å². The Labute approximate surface area is 105 Å². The van der Waals surface area contributed by atoms with Gasteiger partial charge >= 0.3 is 0 Å². The Morgan fingerprint density at radius 2 is 1.76 bits per heavy atom. The SMILES string of the molecule is Cc1cc(C)cc(N2CC(N)CCC2(C)C)c1. The van der Waals surface area contributed by atoms with Gasteiger partial charge in [0.05, 0.1) is 0 Å². The number of benzene rings is 1. The van der Waals surface area contributed by atoms with Crippen molar-refractivity contribution in [3.8, 4) is 0 Å². The standard InChI is InChI=1S/C15H24N2/c1-11-7-12(2)9-14(8-11)17-10-13(16)5-6-15(17,3)4/h7-9,13H,5-6,10,16H2,1-4H3. The van der Waals surface area contributed by atoms with Gasteiger partial charge in [-0.05, 0) is 63.8 Å². The van der Waals surface area contributed by atoms with Crippen molar-refractivity contribution in [1.82, 2.24) is 0 Å². The molecule has 2 rings (SSSR count). The van der Waals surface area contributed by atoms with Crippen molar-refractivity contribution in [3.63, 3.8) is 0 Å². The van der Waals surface area contributed by atoms with Crippen LogP contribution in [0.15, 0.2) is 18.2 Å². The van der Waals surface area contributed by atoms with Crippen LogP contribution in [0.5, 0.6) is 0 Å². The minimum atomic E-state index is 0.218. The number of anilines is 1. The minimum Gasteiger partial charge on any atom is -0.365 e. The summed E-state index contributed by atoms with van der Waals surface area (Å²) in [6.45, 7) is 9.92. The summed E-state index contributed by atoms with van der Waals surface area (Å²) in [6, 6.07) is 7.07. The summed E-state index contributed by atoms with van der Waals surface area (Å²) < 4.78 is 0. The summed E-state index contributed by atoms with van der Waals surface area (Å²) >= 11 is 0. The van der Waals surface area contributed by atoms with E-state index >= 15 is 0 Å². The summed E-state index contributed by atoms with van der Waals surface area (Å²) in [5.41, 5.74) is 10.3. The molecule has 0 aliphatic carbocycles. The third-order valence-electron chi connectivity index (χ3n) is 3.79. The van der Waals surface area contributed by atoms with Crippen LogP contribution in [0.25, 0.3) is 0 Å². The van der Waals surface area contributed by atoms with Crippen LogP contribution in [-0.2, 0) is 0 Å². The predicted octanol–water partition coefficient (Wildman–Crippen LogP) is 3.01. The topological polar surface area (TPSA) is 29.3 Å². The van der Waals surface area contributed by atoms with E-state index < -0.39 is 0 Å². The molecule has 1 unspecified atom stereocenters. The Morgan fingerprint density at radius 3 is 2.35 bits per heavy atom. The van der Waals surface area contributed by atoms with E-state index in [1.807, 2.05) is 0 Å². The van der Waals surface area contributed by atoms with Crippen molar-refractivity contribution in [1.29, 1.82) is 0 Å². The van der Waals surface area contributed by atoms with Crippen LogP contribution in [-0.4, -0.2) is 18.1 Å². The molecule has 0 bridgehead atoms. The first kappa shape index (κ1) is 12.4. The first-order valence-electron chi connectivity index (χ1n) is 6.50. The maximum Gasteiger partial charge on any atom is 0.0376 e. The van der Waals surface area contributed by atoms with E-state index in [0.29, 0.717) is 6.04 Å². The molecule has 0 amide bonds. The monoisotopic (exact) mass is 232 g/mol. The lowest BCUT2D eigenvalue weighted by molar-refractivity contribution is 0.335. The molecule has 1 aromatic carbocycles. The van der Waals surface area contributed by atoms with Gasteiger partial charge in [0, 0.05) is 23.8 Å². The summed E-state index contributed by atoms with van der Waals surface area (Å²) in [4.78, 5) is 2.47. The molecule has 2 heteroatoms. The lowest BCUT2D eigenvalue weighted by atomic mass is 9.87. The van der Waals surface area contributed by atoms with E-state index in [9.17, 15) is 0 Å². The van der Waals surface area contributed by atoms with Crippen molar-refractivity contribution in [2.75, 3.05) is 11.4 Å². The van der Waals surface area contributed by atoms with E-state index in [1.165, 1.54) is 23.2 Å². The third-order valence-corrected chi connectivity index (χ3v) is 3.79. The molecule has 0 saturated carbocycles. The third kappa shape index (κ3) is 2.63. The lowest BCUT2D eigenvalue weighted by Crippen LogP contribution is -2.54.